The van der Waals surface area contributed by atoms with E-state index in [1.165, 1.54) is 0 Å². The van der Waals surface area contributed by atoms with E-state index >= 15 is 0 Å². The smallest absolute Gasteiger partial charge is 0.205 e. The molecule has 3 heteroatoms. The van der Waals surface area contributed by atoms with Gasteiger partial charge in [-0.1, -0.05) is 6.07 Å². The Morgan fingerprint density at radius 2 is 2.45 bits per heavy atom. The molecule has 0 aromatic carbocycles. The topological polar surface area (TPSA) is 29.3 Å². The minimum atomic E-state index is 0.588. The van der Waals surface area contributed by atoms with Crippen LogP contribution in [0.2, 0.25) is 0 Å². The first-order valence-electron chi connectivity index (χ1n) is 3.34. The van der Waals surface area contributed by atoms with Crippen molar-refractivity contribution in [3.8, 4) is 0 Å². The van der Waals surface area contributed by atoms with Crippen molar-refractivity contribution in [2.45, 2.75) is 6.54 Å². The highest BCUT2D eigenvalue weighted by Gasteiger charge is 1.92. The fraction of sp³-hybridized carbons (Fsp3) is 0.250. The molecule has 0 fully saturated rings. The van der Waals surface area contributed by atoms with Gasteiger partial charge in [-0.25, -0.2) is 4.85 Å². The summed E-state index contributed by atoms with van der Waals surface area (Å²) >= 11 is 0. The lowest BCUT2D eigenvalue weighted by Crippen LogP contribution is -2.05. The Bertz CT molecular complexity index is 258. The molecule has 1 N–H and O–H groups in total. The summed E-state index contributed by atoms with van der Waals surface area (Å²) < 4.78 is 0. The second-order valence-electron chi connectivity index (χ2n) is 2.15. The lowest BCUT2D eigenvalue weighted by atomic mass is 10.3. The lowest BCUT2D eigenvalue weighted by molar-refractivity contribution is 0.792. The van der Waals surface area contributed by atoms with E-state index in [2.05, 4.69) is 15.1 Å². The standard InChI is InChI=1S/C8H9N3/c1-9-5-8-4-3-7(10-2)6-11-8/h3-4,6,9H,5H2,1H3. The van der Waals surface area contributed by atoms with Gasteiger partial charge >= 0.3 is 0 Å². The summed E-state index contributed by atoms with van der Waals surface area (Å²) in [5, 5.41) is 2.98. The Balaban J connectivity index is 2.76. The summed E-state index contributed by atoms with van der Waals surface area (Å²) in [6.07, 6.45) is 1.58. The van der Waals surface area contributed by atoms with Gasteiger partial charge in [0.05, 0.1) is 12.3 Å². The molecule has 0 aliphatic rings. The molecular weight excluding hydrogens is 138 g/mol. The Kier molecular flexibility index (Phi) is 2.59. The molecule has 11 heavy (non-hydrogen) atoms. The molecule has 3 nitrogen and oxygen atoms in total. The monoisotopic (exact) mass is 147 g/mol. The minimum absolute atomic E-state index is 0.588. The fourth-order valence-electron chi connectivity index (χ4n) is 0.769. The third-order valence-corrected chi connectivity index (χ3v) is 1.30. The van der Waals surface area contributed by atoms with Crippen molar-refractivity contribution < 1.29 is 0 Å². The van der Waals surface area contributed by atoms with Crippen molar-refractivity contribution >= 4 is 5.69 Å². The molecule has 0 atom stereocenters. The molecule has 1 heterocycles. The van der Waals surface area contributed by atoms with Gasteiger partial charge in [0.1, 0.15) is 0 Å². The number of nitrogens with zero attached hydrogens (tertiary/aromatic N) is 2. The molecule has 56 valence electrons. The van der Waals surface area contributed by atoms with Crippen LogP contribution in [-0.2, 0) is 6.54 Å². The second-order valence-corrected chi connectivity index (χ2v) is 2.15. The van der Waals surface area contributed by atoms with E-state index in [-0.39, 0.29) is 0 Å². The van der Waals surface area contributed by atoms with Gasteiger partial charge in [-0.05, 0) is 13.1 Å². The maximum Gasteiger partial charge on any atom is 0.205 e. The SMILES string of the molecule is [C-]#[N+]c1ccc(CNC)nc1. The molecule has 0 spiro atoms. The molecule has 0 saturated carbocycles. The molecule has 1 aromatic heterocycles. The predicted octanol–water partition coefficient (Wildman–Crippen LogP) is 1.35. The van der Waals surface area contributed by atoms with Crippen LogP contribution in [0, 0.1) is 6.57 Å². The van der Waals surface area contributed by atoms with Gasteiger partial charge in [0.2, 0.25) is 5.69 Å². The highest BCUT2D eigenvalue weighted by molar-refractivity contribution is 5.41. The van der Waals surface area contributed by atoms with Gasteiger partial charge in [0, 0.05) is 12.7 Å². The molecule has 0 radical (unpaired) electrons. The fourth-order valence-corrected chi connectivity index (χ4v) is 0.769. The highest BCUT2D eigenvalue weighted by atomic mass is 14.8. The number of nitrogens with one attached hydrogen (secondary N) is 1. The number of rotatable bonds is 2. The molecule has 0 aliphatic carbocycles. The van der Waals surface area contributed by atoms with E-state index in [0.717, 1.165) is 12.2 Å². The summed E-state index contributed by atoms with van der Waals surface area (Å²) in [4.78, 5) is 7.30. The third-order valence-electron chi connectivity index (χ3n) is 1.30. The van der Waals surface area contributed by atoms with Crippen molar-refractivity contribution in [3.05, 3.63) is 35.4 Å². The summed E-state index contributed by atoms with van der Waals surface area (Å²) in [6.45, 7) is 7.43. The van der Waals surface area contributed by atoms with Crippen LogP contribution in [-0.4, -0.2) is 12.0 Å². The third kappa shape index (κ3) is 2.03. The average molecular weight is 147 g/mol. The molecule has 1 aromatic rings. The van der Waals surface area contributed by atoms with Gasteiger partial charge in [0.15, 0.2) is 0 Å². The van der Waals surface area contributed by atoms with Gasteiger partial charge in [0.25, 0.3) is 0 Å². The van der Waals surface area contributed by atoms with Crippen LogP contribution < -0.4 is 5.32 Å². The quantitative estimate of drug-likeness (QED) is 0.640. The van der Waals surface area contributed by atoms with Crippen LogP contribution in [0.1, 0.15) is 5.69 Å². The number of aromatic nitrogens is 1. The van der Waals surface area contributed by atoms with Crippen molar-refractivity contribution in [1.82, 2.24) is 10.3 Å². The zero-order valence-electron chi connectivity index (χ0n) is 6.33. The summed E-state index contributed by atoms with van der Waals surface area (Å²) in [5.74, 6) is 0. The zero-order chi connectivity index (χ0) is 8.10. The predicted molar refractivity (Wildman–Crippen MR) is 43.3 cm³/mol. The molecule has 0 aliphatic heterocycles. The maximum absolute atomic E-state index is 6.69. The van der Waals surface area contributed by atoms with E-state index in [1.807, 2.05) is 13.1 Å². The molecule has 0 unspecified atom stereocenters. The molecule has 0 saturated heterocycles. The molecule has 1 rings (SSSR count). The summed E-state index contributed by atoms with van der Waals surface area (Å²) in [6, 6.07) is 3.62. The van der Waals surface area contributed by atoms with Crippen LogP contribution in [0.15, 0.2) is 18.3 Å². The second kappa shape index (κ2) is 3.69. The first-order valence-corrected chi connectivity index (χ1v) is 3.34. The Hall–Kier alpha value is -1.40. The van der Waals surface area contributed by atoms with Crippen molar-refractivity contribution in [2.24, 2.45) is 0 Å². The van der Waals surface area contributed by atoms with Gasteiger partial charge in [-0.2, -0.15) is 0 Å². The van der Waals surface area contributed by atoms with Crippen LogP contribution in [0.25, 0.3) is 4.85 Å². The van der Waals surface area contributed by atoms with Crippen molar-refractivity contribution in [1.29, 1.82) is 0 Å². The largest absolute Gasteiger partial charge is 0.314 e. The van der Waals surface area contributed by atoms with Crippen LogP contribution in [0.4, 0.5) is 5.69 Å². The maximum atomic E-state index is 6.69. The van der Waals surface area contributed by atoms with Crippen LogP contribution >= 0.6 is 0 Å². The van der Waals surface area contributed by atoms with Crippen LogP contribution in [0.5, 0.6) is 0 Å². The number of hydrogen-bond acceptors (Lipinski definition) is 2. The average Bonchev–Trinajstić information content (AvgIpc) is 2.07. The zero-order valence-corrected chi connectivity index (χ0v) is 6.33. The van der Waals surface area contributed by atoms with Gasteiger partial charge in [-0.15, -0.1) is 0 Å². The van der Waals surface area contributed by atoms with E-state index < -0.39 is 0 Å². The number of hydrogen-bond donors (Lipinski definition) is 1. The van der Waals surface area contributed by atoms with Crippen LogP contribution in [0.3, 0.4) is 0 Å². The highest BCUT2D eigenvalue weighted by Crippen LogP contribution is 2.08. The van der Waals surface area contributed by atoms with Crippen molar-refractivity contribution in [3.63, 3.8) is 0 Å². The van der Waals surface area contributed by atoms with Gasteiger partial charge < -0.3 is 5.32 Å². The molecule has 0 bridgehead atoms. The first kappa shape index (κ1) is 7.70. The Morgan fingerprint density at radius 3 is 2.91 bits per heavy atom. The van der Waals surface area contributed by atoms with E-state index in [0.29, 0.717) is 5.69 Å². The number of pyridine rings is 1. The van der Waals surface area contributed by atoms with E-state index in [1.54, 1.807) is 12.3 Å². The lowest BCUT2D eigenvalue weighted by Gasteiger charge is -1.96. The van der Waals surface area contributed by atoms with E-state index in [9.17, 15) is 0 Å². The summed E-state index contributed by atoms with van der Waals surface area (Å²) in [7, 11) is 1.87. The molecule has 0 amide bonds. The Labute approximate surface area is 65.9 Å². The first-order chi connectivity index (χ1) is 5.36. The Morgan fingerprint density at radius 1 is 1.64 bits per heavy atom. The minimum Gasteiger partial charge on any atom is -0.314 e. The van der Waals surface area contributed by atoms with Crippen molar-refractivity contribution in [2.75, 3.05) is 7.05 Å². The van der Waals surface area contributed by atoms with Gasteiger partial charge in [-0.3, -0.25) is 4.98 Å². The van der Waals surface area contributed by atoms with E-state index in [4.69, 9.17) is 6.57 Å². The normalized spacial score (nSPS) is 9.09. The summed E-state index contributed by atoms with van der Waals surface area (Å²) in [5.41, 5.74) is 1.55. The molecular formula is C8H9N3.